The van der Waals surface area contributed by atoms with Crippen LogP contribution in [0, 0.1) is 0 Å². The van der Waals surface area contributed by atoms with Crippen molar-refractivity contribution >= 4 is 5.78 Å². The van der Waals surface area contributed by atoms with Crippen molar-refractivity contribution in [3.05, 3.63) is 35.4 Å². The second-order valence-electron chi connectivity index (χ2n) is 4.05. The molecule has 0 spiro atoms. The number of hydrogen-bond acceptors (Lipinski definition) is 1. The van der Waals surface area contributed by atoms with Crippen LogP contribution >= 0.6 is 0 Å². The van der Waals surface area contributed by atoms with E-state index in [0.29, 0.717) is 12.1 Å². The van der Waals surface area contributed by atoms with Gasteiger partial charge in [0.25, 0.3) is 0 Å². The minimum atomic E-state index is -6.76. The maximum atomic E-state index is 13.1. The van der Waals surface area contributed by atoms with Gasteiger partial charge in [0.2, 0.25) is 5.78 Å². The lowest BCUT2D eigenvalue weighted by atomic mass is 9.98. The van der Waals surface area contributed by atoms with Crippen LogP contribution < -0.4 is 0 Å². The molecular formula is C11H4F10O. The summed E-state index contributed by atoms with van der Waals surface area (Å²) in [5, 5.41) is 0. The van der Waals surface area contributed by atoms with Gasteiger partial charge in [-0.2, -0.15) is 43.9 Å². The van der Waals surface area contributed by atoms with Crippen LogP contribution in [0.15, 0.2) is 24.3 Å². The van der Waals surface area contributed by atoms with Gasteiger partial charge in [-0.15, -0.1) is 0 Å². The third kappa shape index (κ3) is 3.02. The van der Waals surface area contributed by atoms with E-state index in [9.17, 15) is 48.7 Å². The van der Waals surface area contributed by atoms with E-state index in [1.54, 1.807) is 0 Å². The summed E-state index contributed by atoms with van der Waals surface area (Å²) < 4.78 is 124. The summed E-state index contributed by atoms with van der Waals surface area (Å²) in [4.78, 5) is 11.1. The number of Topliss-reactive ketones (excluding diaryl/α,β-unsaturated/α-hetero) is 1. The van der Waals surface area contributed by atoms with E-state index in [1.807, 2.05) is 0 Å². The van der Waals surface area contributed by atoms with E-state index in [2.05, 4.69) is 0 Å². The minimum absolute atomic E-state index is 0.233. The molecule has 0 bridgehead atoms. The molecule has 0 fully saturated rings. The third-order valence-corrected chi connectivity index (χ3v) is 2.49. The highest BCUT2D eigenvalue weighted by Gasteiger charge is 2.76. The second-order valence-corrected chi connectivity index (χ2v) is 4.05. The Morgan fingerprint density at radius 1 is 0.818 bits per heavy atom. The lowest BCUT2D eigenvalue weighted by Crippen LogP contribution is -2.56. The molecule has 0 radical (unpaired) electrons. The zero-order chi connectivity index (χ0) is 17.6. The van der Waals surface area contributed by atoms with Crippen LogP contribution in [0.5, 0.6) is 0 Å². The van der Waals surface area contributed by atoms with Gasteiger partial charge in [0, 0.05) is 5.56 Å². The third-order valence-electron chi connectivity index (χ3n) is 2.49. The Kier molecular flexibility index (Phi) is 4.25. The molecule has 11 heteroatoms. The summed E-state index contributed by atoms with van der Waals surface area (Å²) in [6, 6.07) is 0.801. The molecule has 0 unspecified atom stereocenters. The first kappa shape index (κ1) is 18.2. The monoisotopic (exact) mass is 342 g/mol. The molecule has 0 aliphatic carbocycles. The molecule has 0 saturated heterocycles. The molecule has 0 atom stereocenters. The average Bonchev–Trinajstić information content (AvgIpc) is 2.35. The number of halogens is 10. The van der Waals surface area contributed by atoms with Crippen molar-refractivity contribution in [2.75, 3.05) is 0 Å². The van der Waals surface area contributed by atoms with Crippen molar-refractivity contribution in [2.45, 2.75) is 24.2 Å². The van der Waals surface area contributed by atoms with Crippen LogP contribution in [0.1, 0.15) is 15.9 Å². The van der Waals surface area contributed by atoms with Crippen LogP contribution in [0.25, 0.3) is 0 Å². The number of carbonyl (C=O) groups is 1. The van der Waals surface area contributed by atoms with E-state index in [1.165, 1.54) is 0 Å². The number of alkyl halides is 10. The highest BCUT2D eigenvalue weighted by molar-refractivity contribution is 6.02. The molecule has 1 aromatic rings. The SMILES string of the molecule is O=C(c1cccc(C(F)(F)F)c1)C(F)(F)C(F)(F)C(F)(F)F. The number of rotatable bonds is 3. The largest absolute Gasteiger partial charge is 0.460 e. The van der Waals surface area contributed by atoms with Gasteiger partial charge in [0.1, 0.15) is 0 Å². The zero-order valence-corrected chi connectivity index (χ0v) is 10.00. The van der Waals surface area contributed by atoms with Crippen LogP contribution in [0.4, 0.5) is 43.9 Å². The molecule has 22 heavy (non-hydrogen) atoms. The Bertz CT molecular complexity index is 569. The van der Waals surface area contributed by atoms with Gasteiger partial charge in [-0.1, -0.05) is 12.1 Å². The number of ketones is 1. The van der Waals surface area contributed by atoms with E-state index >= 15 is 0 Å². The van der Waals surface area contributed by atoms with Gasteiger partial charge in [0.15, 0.2) is 0 Å². The van der Waals surface area contributed by atoms with Crippen molar-refractivity contribution in [1.29, 1.82) is 0 Å². The molecule has 124 valence electrons. The summed E-state index contributed by atoms with van der Waals surface area (Å²) >= 11 is 0. The highest BCUT2D eigenvalue weighted by atomic mass is 19.4. The maximum absolute atomic E-state index is 13.1. The molecular weight excluding hydrogens is 338 g/mol. The molecule has 0 aliphatic rings. The summed E-state index contributed by atoms with van der Waals surface area (Å²) in [7, 11) is 0. The first-order valence-electron chi connectivity index (χ1n) is 5.17. The number of hydrogen-bond donors (Lipinski definition) is 0. The van der Waals surface area contributed by atoms with E-state index in [4.69, 9.17) is 0 Å². The first-order valence-corrected chi connectivity index (χ1v) is 5.17. The lowest BCUT2D eigenvalue weighted by molar-refractivity contribution is -0.339. The standard InChI is InChI=1S/C11H4F10O/c12-8(13,10(17,18)11(19,20)21)7(22)5-2-1-3-6(4-5)9(14,15)16/h1-4H. The van der Waals surface area contributed by atoms with Gasteiger partial charge in [-0.3, -0.25) is 4.79 Å². The Morgan fingerprint density at radius 2 is 1.32 bits per heavy atom. The maximum Gasteiger partial charge on any atom is 0.460 e. The van der Waals surface area contributed by atoms with Gasteiger partial charge >= 0.3 is 24.2 Å². The summed E-state index contributed by atoms with van der Waals surface area (Å²) in [5.74, 6) is -16.1. The molecule has 1 nitrogen and oxygen atoms in total. The number of carbonyl (C=O) groups excluding carboxylic acids is 1. The van der Waals surface area contributed by atoms with Crippen molar-refractivity contribution in [1.82, 2.24) is 0 Å². The highest BCUT2D eigenvalue weighted by Crippen LogP contribution is 2.48. The second kappa shape index (κ2) is 5.13. The van der Waals surface area contributed by atoms with Gasteiger partial charge < -0.3 is 0 Å². The van der Waals surface area contributed by atoms with Gasteiger partial charge in [-0.05, 0) is 12.1 Å². The number of benzene rings is 1. The predicted molar refractivity (Wildman–Crippen MR) is 51.7 cm³/mol. The Labute approximate surface area is 115 Å². The lowest BCUT2D eigenvalue weighted by Gasteiger charge is -2.27. The van der Waals surface area contributed by atoms with Gasteiger partial charge in [0.05, 0.1) is 5.56 Å². The van der Waals surface area contributed by atoms with E-state index in [-0.39, 0.29) is 12.1 Å². The Hall–Kier alpha value is -1.81. The van der Waals surface area contributed by atoms with Crippen LogP contribution in [0.2, 0.25) is 0 Å². The van der Waals surface area contributed by atoms with Crippen molar-refractivity contribution in [3.8, 4) is 0 Å². The smallest absolute Gasteiger partial charge is 0.287 e. The van der Waals surface area contributed by atoms with E-state index < -0.39 is 41.1 Å². The van der Waals surface area contributed by atoms with Crippen molar-refractivity contribution in [2.24, 2.45) is 0 Å². The van der Waals surface area contributed by atoms with Crippen molar-refractivity contribution in [3.63, 3.8) is 0 Å². The molecule has 0 aliphatic heterocycles. The topological polar surface area (TPSA) is 17.1 Å². The minimum Gasteiger partial charge on any atom is -0.287 e. The van der Waals surface area contributed by atoms with E-state index in [0.717, 1.165) is 0 Å². The summed E-state index contributed by atoms with van der Waals surface area (Å²) in [6.07, 6.45) is -11.9. The quantitative estimate of drug-likeness (QED) is 0.574. The molecule has 1 rings (SSSR count). The van der Waals surface area contributed by atoms with Gasteiger partial charge in [-0.25, -0.2) is 0 Å². The summed E-state index contributed by atoms with van der Waals surface area (Å²) in [6.45, 7) is 0. The fraction of sp³-hybridized carbons (Fsp3) is 0.364. The summed E-state index contributed by atoms with van der Waals surface area (Å²) in [5.41, 5.74) is -3.27. The Morgan fingerprint density at radius 3 is 1.73 bits per heavy atom. The molecule has 0 N–H and O–H groups in total. The predicted octanol–water partition coefficient (Wildman–Crippen LogP) is 4.72. The fourth-order valence-corrected chi connectivity index (χ4v) is 1.34. The average molecular weight is 342 g/mol. The molecule has 1 aromatic carbocycles. The van der Waals surface area contributed by atoms with Crippen LogP contribution in [0.3, 0.4) is 0 Å². The fourth-order valence-electron chi connectivity index (χ4n) is 1.34. The molecule has 0 aromatic heterocycles. The molecule has 0 amide bonds. The normalized spacial score (nSPS) is 14.1. The van der Waals surface area contributed by atoms with Crippen LogP contribution in [-0.2, 0) is 6.18 Å². The molecule has 0 saturated carbocycles. The molecule has 0 heterocycles. The first-order chi connectivity index (χ1) is 9.62. The van der Waals surface area contributed by atoms with Crippen LogP contribution in [-0.4, -0.2) is 23.8 Å². The zero-order valence-electron chi connectivity index (χ0n) is 10.00. The van der Waals surface area contributed by atoms with Crippen molar-refractivity contribution < 1.29 is 48.7 Å². The Balaban J connectivity index is 3.32.